The first kappa shape index (κ1) is 43.3. The minimum atomic E-state index is -4.22. The molecule has 11 heteroatoms. The summed E-state index contributed by atoms with van der Waals surface area (Å²) in [6, 6.07) is 15.0. The maximum Gasteiger partial charge on any atom is 0.303 e. The number of nitrogens with one attached hydrogen (secondary N) is 1. The van der Waals surface area contributed by atoms with Crippen LogP contribution in [0.25, 0.3) is 17.4 Å². The van der Waals surface area contributed by atoms with E-state index in [1.54, 1.807) is 0 Å². The number of benzene rings is 2. The van der Waals surface area contributed by atoms with Gasteiger partial charge in [-0.05, 0) is 107 Å². The highest BCUT2D eigenvalue weighted by Gasteiger charge is 2.43. The minimum Gasteiger partial charge on any atom is -0.481 e. The Balaban J connectivity index is 1.63. The highest BCUT2D eigenvalue weighted by Crippen LogP contribution is 2.51. The van der Waals surface area contributed by atoms with Crippen molar-refractivity contribution in [3.8, 4) is 11.3 Å². The van der Waals surface area contributed by atoms with Crippen molar-refractivity contribution in [3.63, 3.8) is 0 Å². The molecule has 298 valence electrons. The van der Waals surface area contributed by atoms with Gasteiger partial charge in [-0.25, -0.2) is 4.58 Å². The molecule has 2 atom stereocenters. The molecule has 3 aliphatic rings. The summed E-state index contributed by atoms with van der Waals surface area (Å²) in [5.41, 5.74) is 6.18. The number of allylic oxidation sites excluding steroid dienone is 5. The van der Waals surface area contributed by atoms with Crippen LogP contribution in [0, 0.1) is 6.92 Å². The first-order valence-electron chi connectivity index (χ1n) is 19.4. The topological polar surface area (TPSA) is 140 Å². The molecule has 10 nitrogen and oxygen atoms in total. The van der Waals surface area contributed by atoms with Gasteiger partial charge in [0.05, 0.1) is 6.07 Å². The number of hydrogen-bond donors (Lipinski definition) is 3. The Labute approximate surface area is 327 Å². The van der Waals surface area contributed by atoms with Gasteiger partial charge in [0, 0.05) is 54.4 Å². The van der Waals surface area contributed by atoms with Gasteiger partial charge in [-0.15, -0.1) is 0 Å². The molecule has 0 saturated heterocycles. The van der Waals surface area contributed by atoms with Crippen LogP contribution < -0.4 is 20.1 Å². The summed E-state index contributed by atoms with van der Waals surface area (Å²) in [5.74, 6) is 0.515. The Kier molecular flexibility index (Phi) is 14.5. The van der Waals surface area contributed by atoms with E-state index in [1.807, 2.05) is 24.3 Å². The SMILES string of the molecule is CC[N+](CC)=c1ccc2c(C(C)(C)C)cc(/C=C/C=C/C=C3\N(CCCCC(=O)NCC(C)S(=O)(=O)O)c4ccc(C)cc4C3(C)CCCC(=O)O)oc-2c1. The number of carboxylic acids is 1. The highest BCUT2D eigenvalue weighted by molar-refractivity contribution is 7.86. The van der Waals surface area contributed by atoms with Crippen molar-refractivity contribution in [1.82, 2.24) is 9.89 Å². The molecule has 1 aromatic rings. The Hall–Kier alpha value is -4.48. The molecule has 4 rings (SSSR count). The number of rotatable bonds is 17. The lowest BCUT2D eigenvalue weighted by atomic mass is 9.76. The van der Waals surface area contributed by atoms with E-state index in [-0.39, 0.29) is 30.7 Å². The fourth-order valence-electron chi connectivity index (χ4n) is 7.31. The molecule has 0 aromatic heterocycles. The van der Waals surface area contributed by atoms with Crippen LogP contribution in [0.5, 0.6) is 0 Å². The molecule has 1 aliphatic carbocycles. The predicted octanol–water partition coefficient (Wildman–Crippen LogP) is 7.85. The molecule has 1 aromatic carbocycles. The van der Waals surface area contributed by atoms with E-state index >= 15 is 0 Å². The third kappa shape index (κ3) is 11.1. The summed E-state index contributed by atoms with van der Waals surface area (Å²) in [7, 11) is -4.22. The second kappa shape index (κ2) is 18.4. The van der Waals surface area contributed by atoms with Crippen molar-refractivity contribution < 1.29 is 32.1 Å². The fourth-order valence-corrected chi connectivity index (χ4v) is 7.61. The molecule has 0 radical (unpaired) electrons. The number of aryl methyl sites for hydroxylation is 1. The molecular formula is C44H60N3O7S+. The monoisotopic (exact) mass is 774 g/mol. The number of carbonyl (C=O) groups is 2. The molecule has 0 fully saturated rings. The van der Waals surface area contributed by atoms with Gasteiger partial charge in [0.1, 0.15) is 29.9 Å². The Morgan fingerprint density at radius 3 is 2.38 bits per heavy atom. The molecule has 0 bridgehead atoms. The number of fused-ring (bicyclic) bond motifs is 2. The molecule has 2 heterocycles. The van der Waals surface area contributed by atoms with E-state index < -0.39 is 26.8 Å². The molecule has 0 spiro atoms. The second-order valence-electron chi connectivity index (χ2n) is 15.8. The van der Waals surface area contributed by atoms with Crippen molar-refractivity contribution in [2.45, 2.75) is 110 Å². The summed E-state index contributed by atoms with van der Waals surface area (Å²) in [6.07, 6.45) is 12.8. The average Bonchev–Trinajstić information content (AvgIpc) is 3.33. The van der Waals surface area contributed by atoms with Gasteiger partial charge in [0.25, 0.3) is 10.1 Å². The zero-order chi connectivity index (χ0) is 40.6. The molecular weight excluding hydrogens is 715 g/mol. The van der Waals surface area contributed by atoms with Gasteiger partial charge in [-0.2, -0.15) is 8.42 Å². The quantitative estimate of drug-likeness (QED) is 0.0546. The van der Waals surface area contributed by atoms with E-state index in [4.69, 9.17) is 4.42 Å². The van der Waals surface area contributed by atoms with Gasteiger partial charge in [-0.3, -0.25) is 14.1 Å². The normalized spacial score (nSPS) is 17.4. The Morgan fingerprint density at radius 2 is 1.73 bits per heavy atom. The molecule has 2 unspecified atom stereocenters. The zero-order valence-corrected chi connectivity index (χ0v) is 34.6. The zero-order valence-electron chi connectivity index (χ0n) is 33.8. The number of nitrogens with zero attached hydrogens (tertiary/aromatic N) is 2. The van der Waals surface area contributed by atoms with Crippen LogP contribution in [-0.2, 0) is 30.5 Å². The summed E-state index contributed by atoms with van der Waals surface area (Å²) < 4.78 is 40.6. The van der Waals surface area contributed by atoms with Crippen molar-refractivity contribution in [2.75, 3.05) is 31.1 Å². The van der Waals surface area contributed by atoms with Gasteiger partial charge in [0.2, 0.25) is 11.3 Å². The van der Waals surface area contributed by atoms with Crippen molar-refractivity contribution in [3.05, 3.63) is 100 Å². The first-order valence-corrected chi connectivity index (χ1v) is 20.9. The maximum atomic E-state index is 12.5. The lowest BCUT2D eigenvalue weighted by Gasteiger charge is -2.30. The summed E-state index contributed by atoms with van der Waals surface area (Å²) in [4.78, 5) is 26.3. The van der Waals surface area contributed by atoms with E-state index in [0.29, 0.717) is 32.2 Å². The number of amides is 1. The second-order valence-corrected chi connectivity index (χ2v) is 17.6. The number of aliphatic carboxylic acids is 1. The number of hydrogen-bond acceptors (Lipinski definition) is 6. The van der Waals surface area contributed by atoms with E-state index in [2.05, 4.69) is 112 Å². The van der Waals surface area contributed by atoms with Crippen molar-refractivity contribution >= 4 is 33.8 Å². The molecule has 1 amide bonds. The maximum absolute atomic E-state index is 12.5. The molecule has 3 N–H and O–H groups in total. The fraction of sp³-hybridized carbons (Fsp3) is 0.477. The largest absolute Gasteiger partial charge is 0.481 e. The number of unbranched alkanes of at least 4 members (excludes halogenated alkanes) is 1. The highest BCUT2D eigenvalue weighted by atomic mass is 32.2. The third-order valence-electron chi connectivity index (χ3n) is 10.5. The number of carboxylic acid groups (broad SMARTS) is 1. The smallest absolute Gasteiger partial charge is 0.303 e. The van der Waals surface area contributed by atoms with E-state index in [1.165, 1.54) is 12.5 Å². The Bertz CT molecular complexity index is 2080. The van der Waals surface area contributed by atoms with Crippen LogP contribution in [0.1, 0.15) is 109 Å². The van der Waals surface area contributed by atoms with E-state index in [9.17, 15) is 27.7 Å². The Morgan fingerprint density at radius 1 is 1.00 bits per heavy atom. The van der Waals surface area contributed by atoms with Crippen LogP contribution in [0.4, 0.5) is 5.69 Å². The minimum absolute atomic E-state index is 0.0795. The van der Waals surface area contributed by atoms with Crippen LogP contribution in [0.2, 0.25) is 0 Å². The molecule has 2 aliphatic heterocycles. The summed E-state index contributed by atoms with van der Waals surface area (Å²) >= 11 is 0. The van der Waals surface area contributed by atoms with Crippen LogP contribution in [0.3, 0.4) is 0 Å². The average molecular weight is 775 g/mol. The van der Waals surface area contributed by atoms with Gasteiger partial charge in [-0.1, -0.05) is 56.7 Å². The standard InChI is InChI=1S/C44H59N3O7S/c1-9-46(10-2)33-22-23-35-36(43(5,6)7)29-34(54-39(35)28-33)17-12-11-13-18-40-44(8,25-16-20-42(49)50)37-27-31(3)21-24-38(37)47(40)26-15-14-19-41(48)45-30-32(4)55(51,52)53/h11-13,17-18,21-24,27-29,32H,9-10,14-16,19-20,25-26,30H2,1-8H3,(H2-,45,48,49,50,51,52,53)/p+1. The summed E-state index contributed by atoms with van der Waals surface area (Å²) in [6.45, 7) is 18.8. The van der Waals surface area contributed by atoms with Crippen molar-refractivity contribution in [2.24, 2.45) is 0 Å². The lowest BCUT2D eigenvalue weighted by molar-refractivity contribution is -0.137. The number of carbonyl (C=O) groups excluding carboxylic acids is 1. The van der Waals surface area contributed by atoms with Crippen molar-refractivity contribution in [1.29, 1.82) is 0 Å². The van der Waals surface area contributed by atoms with E-state index in [0.717, 1.165) is 58.0 Å². The third-order valence-corrected chi connectivity index (χ3v) is 11.7. The van der Waals surface area contributed by atoms with Gasteiger partial charge >= 0.3 is 5.97 Å². The summed E-state index contributed by atoms with van der Waals surface area (Å²) in [5, 5.41) is 12.1. The first-order chi connectivity index (χ1) is 25.9. The van der Waals surface area contributed by atoms with Crippen LogP contribution in [0.15, 0.2) is 76.9 Å². The predicted molar refractivity (Wildman–Crippen MR) is 222 cm³/mol. The van der Waals surface area contributed by atoms with Gasteiger partial charge < -0.3 is 19.7 Å². The molecule has 55 heavy (non-hydrogen) atoms. The number of anilines is 1. The van der Waals surface area contributed by atoms with Crippen LogP contribution >= 0.6 is 0 Å². The molecule has 0 saturated carbocycles. The van der Waals surface area contributed by atoms with Crippen LogP contribution in [-0.4, -0.2) is 61.4 Å². The van der Waals surface area contributed by atoms with Gasteiger partial charge in [0.15, 0.2) is 0 Å². The lowest BCUT2D eigenvalue weighted by Crippen LogP contribution is -2.34.